The molecule has 0 aliphatic carbocycles. The second kappa shape index (κ2) is 90.2. The van der Waals surface area contributed by atoms with Crippen LogP contribution in [0, 0.1) is 0 Å². The lowest BCUT2D eigenvalue weighted by atomic mass is 10.0. The van der Waals surface area contributed by atoms with Crippen LogP contribution < -0.4 is 0 Å². The van der Waals surface area contributed by atoms with Gasteiger partial charge in [0.25, 0.3) is 0 Å². The predicted octanol–water partition coefficient (Wildman–Crippen LogP) is 28.7. The molecule has 0 bridgehead atoms. The molecule has 117 heavy (non-hydrogen) atoms. The molecule has 0 saturated heterocycles. The molecule has 0 saturated carbocycles. The van der Waals surface area contributed by atoms with Crippen molar-refractivity contribution >= 4 is 33.6 Å². The molecule has 0 spiro atoms. The van der Waals surface area contributed by atoms with E-state index in [2.05, 4.69) is 173 Å². The highest BCUT2D eigenvalue weighted by molar-refractivity contribution is 7.47. The van der Waals surface area contributed by atoms with Crippen LogP contribution in [-0.2, 0) is 55.8 Å². The van der Waals surface area contributed by atoms with Crippen LogP contribution >= 0.6 is 15.6 Å². The summed E-state index contributed by atoms with van der Waals surface area (Å²) in [5.41, 5.74) is 0. The fourth-order valence-corrected chi connectivity index (χ4v) is 14.0. The Bertz CT molecular complexity index is 2810. The number of phosphoric acid groups is 2. The first kappa shape index (κ1) is 112. The van der Waals surface area contributed by atoms with Gasteiger partial charge in [-0.3, -0.25) is 32.5 Å². The minimum absolute atomic E-state index is 0.0249. The zero-order valence-electron chi connectivity index (χ0n) is 73.8. The van der Waals surface area contributed by atoms with Crippen molar-refractivity contribution in [1.82, 2.24) is 0 Å². The van der Waals surface area contributed by atoms with Gasteiger partial charge in [0, 0.05) is 19.3 Å². The highest BCUT2D eigenvalue weighted by Gasteiger charge is 2.29. The third-order valence-corrected chi connectivity index (χ3v) is 21.3. The Balaban J connectivity index is 4.57. The van der Waals surface area contributed by atoms with Gasteiger partial charge in [0.1, 0.15) is 25.4 Å². The summed E-state index contributed by atoms with van der Waals surface area (Å²) in [7, 11) is -9.84. The highest BCUT2D eigenvalue weighted by Crippen LogP contribution is 2.45. The average Bonchev–Trinajstić information content (AvgIpc) is 0.898. The maximum Gasteiger partial charge on any atom is 0.472 e. The van der Waals surface area contributed by atoms with Crippen molar-refractivity contribution in [2.45, 2.75) is 399 Å². The third-order valence-electron chi connectivity index (χ3n) is 19.4. The van der Waals surface area contributed by atoms with Crippen molar-refractivity contribution in [2.24, 2.45) is 0 Å². The van der Waals surface area contributed by atoms with Crippen molar-refractivity contribution < 1.29 is 75.8 Å². The van der Waals surface area contributed by atoms with Crippen molar-refractivity contribution in [1.29, 1.82) is 0 Å². The van der Waals surface area contributed by atoms with Gasteiger partial charge in [-0.05, 0) is 148 Å². The molecular weight excluding hydrogens is 1510 g/mol. The molecule has 670 valence electrons. The Hall–Kier alpha value is -5.09. The number of hydrogen-bond acceptors (Lipinski definition) is 14. The molecule has 0 aliphatic rings. The van der Waals surface area contributed by atoms with E-state index < -0.39 is 91.5 Å². The van der Waals surface area contributed by atoms with Gasteiger partial charge in [-0.15, -0.1) is 0 Å². The van der Waals surface area contributed by atoms with E-state index in [1.807, 2.05) is 18.2 Å². The van der Waals surface area contributed by atoms with Crippen LogP contribution in [0.1, 0.15) is 380 Å². The Kier molecular flexibility index (Phi) is 86.2. The molecular formula is C99H168O16P2. The summed E-state index contributed by atoms with van der Waals surface area (Å²) in [6.45, 7) is 2.46. The fourth-order valence-electron chi connectivity index (χ4n) is 12.4. The van der Waals surface area contributed by atoms with Crippen molar-refractivity contribution in [3.8, 4) is 0 Å². The highest BCUT2D eigenvalue weighted by atomic mass is 31.2. The molecule has 0 amide bonds. The van der Waals surface area contributed by atoms with E-state index in [-0.39, 0.29) is 19.3 Å². The number of esters is 3. The van der Waals surface area contributed by atoms with Crippen LogP contribution in [0.5, 0.6) is 0 Å². The fraction of sp³-hybridized carbons (Fsp3) is 0.687. The van der Waals surface area contributed by atoms with E-state index >= 15 is 0 Å². The Morgan fingerprint density at radius 1 is 0.248 bits per heavy atom. The number of phosphoric ester groups is 2. The molecule has 0 aliphatic heterocycles. The number of aliphatic hydroxyl groups is 2. The first-order valence-electron chi connectivity index (χ1n) is 46.4. The summed E-state index contributed by atoms with van der Waals surface area (Å²) in [5.74, 6) is -1.67. The molecule has 5 unspecified atom stereocenters. The van der Waals surface area contributed by atoms with Crippen LogP contribution in [0.15, 0.2) is 170 Å². The molecule has 0 fully saturated rings. The average molecular weight is 1680 g/mol. The van der Waals surface area contributed by atoms with Crippen LogP contribution in [0.2, 0.25) is 0 Å². The van der Waals surface area contributed by atoms with Gasteiger partial charge in [-0.2, -0.15) is 0 Å². The lowest BCUT2D eigenvalue weighted by Gasteiger charge is -2.21. The van der Waals surface area contributed by atoms with Crippen molar-refractivity contribution in [2.75, 3.05) is 39.6 Å². The molecule has 0 heterocycles. The van der Waals surface area contributed by atoms with Gasteiger partial charge in [0.15, 0.2) is 6.10 Å². The Morgan fingerprint density at radius 3 is 0.752 bits per heavy atom. The molecule has 0 radical (unpaired) electrons. The SMILES string of the molecule is CC/C=C\C/C=C\C/C=C\C/C=C\C/C=C\C/C=C\CCC(=O)OC(COC(=O)CCCCCCCCCCCCCCC/C=C\C/C=C\C/C=C\C/C=C\CCCCC)COP(=O)(O)OCC(O)COP(=O)(O)OCC(O)COC(=O)CCCCCCCCCCCCCCCCCCC/C=C\C/C=C\C/C=C\C/C=C\CCCCC. The summed E-state index contributed by atoms with van der Waals surface area (Å²) < 4.78 is 61.3. The first-order valence-corrected chi connectivity index (χ1v) is 49.4. The molecule has 18 heteroatoms. The normalized spacial score (nSPS) is 14.6. The maximum atomic E-state index is 13.0. The summed E-state index contributed by atoms with van der Waals surface area (Å²) in [6.07, 6.45) is 117. The quantitative estimate of drug-likeness (QED) is 0.0146. The monoisotopic (exact) mass is 1680 g/mol. The molecule has 0 aromatic rings. The number of hydrogen-bond donors (Lipinski definition) is 4. The zero-order chi connectivity index (χ0) is 85.1. The number of unbranched alkanes of at least 4 members (excludes halogenated alkanes) is 36. The molecule has 0 aromatic carbocycles. The standard InChI is InChI=1S/C99H168O16P2/c1-4-7-10-13-16-19-22-25-28-31-34-36-38-40-42-44-45-46-47-49-51-52-54-56-59-61-64-67-70-73-76-79-82-85-97(102)109-88-94(100)89-111-116(105,106)112-90-95(101)91-113-117(107,108)114-93-96(115-99(104)87-84-81-78-75-72-69-66-63-58-33-30-27-24-21-18-15-12-9-6-3)92-110-98(103)86-83-80-77-74-71-68-65-62-60-57-55-53-50-48-43-41-39-37-35-32-29-26-23-20-17-14-11-8-5-2/h9,12,16-21,25-30,34-37,40-43,58,63,69,72,78,81,94-96,100-101H,4-8,10-11,13-15,22-24,31-33,38-39,44-57,59-62,64-68,70-71,73-77,79-80,82-93H2,1-3H3,(H,105,106)(H,107,108)/b12-9-,19-16-,20-17-,21-18-,28-25-,29-26-,30-27-,36-34-,37-35-,42-40-,43-41-,63-58-,72-69-,81-78-. The molecule has 5 atom stereocenters. The Morgan fingerprint density at radius 2 is 0.470 bits per heavy atom. The van der Waals surface area contributed by atoms with E-state index in [4.69, 9.17) is 32.3 Å². The second-order valence-corrected chi connectivity index (χ2v) is 33.6. The number of allylic oxidation sites excluding steroid dienone is 28. The zero-order valence-corrected chi connectivity index (χ0v) is 75.6. The van der Waals surface area contributed by atoms with Gasteiger partial charge >= 0.3 is 33.6 Å². The largest absolute Gasteiger partial charge is 0.472 e. The minimum atomic E-state index is -4.96. The van der Waals surface area contributed by atoms with Gasteiger partial charge in [0.05, 0.1) is 26.4 Å². The summed E-state index contributed by atoms with van der Waals surface area (Å²) >= 11 is 0. The van der Waals surface area contributed by atoms with Crippen LogP contribution in [0.25, 0.3) is 0 Å². The first-order chi connectivity index (χ1) is 57.2. The van der Waals surface area contributed by atoms with Gasteiger partial charge in [-0.25, -0.2) is 9.13 Å². The molecule has 0 rings (SSSR count). The lowest BCUT2D eigenvalue weighted by Crippen LogP contribution is -2.29. The smallest absolute Gasteiger partial charge is 0.463 e. The van der Waals surface area contributed by atoms with Crippen LogP contribution in [0.4, 0.5) is 0 Å². The van der Waals surface area contributed by atoms with Crippen molar-refractivity contribution in [3.05, 3.63) is 170 Å². The summed E-state index contributed by atoms with van der Waals surface area (Å²) in [6, 6.07) is 0. The number of carbonyl (C=O) groups excluding carboxylic acids is 3. The van der Waals surface area contributed by atoms with Gasteiger partial charge in [0.2, 0.25) is 0 Å². The molecule has 16 nitrogen and oxygen atoms in total. The Labute approximate surface area is 713 Å². The minimum Gasteiger partial charge on any atom is -0.463 e. The topological polar surface area (TPSA) is 231 Å². The number of carbonyl (C=O) groups is 3. The van der Waals surface area contributed by atoms with Crippen LogP contribution in [-0.4, -0.2) is 95.9 Å². The maximum absolute atomic E-state index is 13.0. The number of ether oxygens (including phenoxy) is 3. The van der Waals surface area contributed by atoms with E-state index in [1.54, 1.807) is 0 Å². The summed E-state index contributed by atoms with van der Waals surface area (Å²) in [4.78, 5) is 58.9. The van der Waals surface area contributed by atoms with E-state index in [0.29, 0.717) is 25.7 Å². The second-order valence-electron chi connectivity index (χ2n) is 30.7. The third kappa shape index (κ3) is 91.5. The van der Waals surface area contributed by atoms with E-state index in [0.717, 1.165) is 122 Å². The molecule has 4 N–H and O–H groups in total. The van der Waals surface area contributed by atoms with E-state index in [1.165, 1.54) is 193 Å². The van der Waals surface area contributed by atoms with Gasteiger partial charge < -0.3 is 34.2 Å². The predicted molar refractivity (Wildman–Crippen MR) is 491 cm³/mol. The summed E-state index contributed by atoms with van der Waals surface area (Å²) in [5, 5.41) is 20.7. The molecule has 0 aromatic heterocycles. The van der Waals surface area contributed by atoms with Gasteiger partial charge in [-0.1, -0.05) is 384 Å². The lowest BCUT2D eigenvalue weighted by molar-refractivity contribution is -0.161. The number of aliphatic hydroxyl groups excluding tert-OH is 2. The van der Waals surface area contributed by atoms with Crippen molar-refractivity contribution in [3.63, 3.8) is 0 Å². The number of rotatable bonds is 87. The van der Waals surface area contributed by atoms with E-state index in [9.17, 15) is 43.5 Å². The van der Waals surface area contributed by atoms with Crippen LogP contribution in [0.3, 0.4) is 0 Å².